The predicted octanol–water partition coefficient (Wildman–Crippen LogP) is 3.38. The molecule has 1 rings (SSSR count). The van der Waals surface area contributed by atoms with Gasteiger partial charge >= 0.3 is 0 Å². The maximum atomic E-state index is 5.15. The minimum Gasteiger partial charge on any atom is -0.481 e. The van der Waals surface area contributed by atoms with Crippen molar-refractivity contribution >= 4 is 6.08 Å². The topological polar surface area (TPSA) is 34.1 Å². The molecule has 106 valence electrons. The van der Waals surface area contributed by atoms with E-state index in [0.717, 1.165) is 18.8 Å². The van der Waals surface area contributed by atoms with E-state index in [-0.39, 0.29) is 0 Å². The number of ether oxygens (including phenoxy) is 1. The summed E-state index contributed by atoms with van der Waals surface area (Å²) >= 11 is 0. The Morgan fingerprint density at radius 2 is 2.05 bits per heavy atom. The van der Waals surface area contributed by atoms with E-state index >= 15 is 0 Å². The molecule has 1 aromatic rings. The minimum absolute atomic E-state index is 0.507. The van der Waals surface area contributed by atoms with Gasteiger partial charge in [-0.15, -0.1) is 0 Å². The van der Waals surface area contributed by atoms with E-state index < -0.39 is 0 Å². The summed E-state index contributed by atoms with van der Waals surface area (Å²) in [5.41, 5.74) is 2.32. The summed E-state index contributed by atoms with van der Waals surface area (Å²) in [4.78, 5) is 4.43. The normalized spacial score (nSPS) is 12.3. The molecule has 1 aromatic heterocycles. The first-order valence-electron chi connectivity index (χ1n) is 6.95. The lowest BCUT2D eigenvalue weighted by Crippen LogP contribution is -2.23. The molecule has 0 aliphatic rings. The first-order chi connectivity index (χ1) is 9.02. The maximum absolute atomic E-state index is 5.15. The van der Waals surface area contributed by atoms with Crippen LogP contribution in [0.25, 0.3) is 6.08 Å². The molecule has 0 radical (unpaired) electrons. The zero-order valence-corrected chi connectivity index (χ0v) is 12.7. The molecular formula is C16H26N2O. The van der Waals surface area contributed by atoms with E-state index in [1.165, 1.54) is 5.57 Å². The highest BCUT2D eigenvalue weighted by Crippen LogP contribution is 2.15. The smallest absolute Gasteiger partial charge is 0.213 e. The molecule has 0 saturated carbocycles. The van der Waals surface area contributed by atoms with Gasteiger partial charge in [0.1, 0.15) is 0 Å². The van der Waals surface area contributed by atoms with Gasteiger partial charge in [-0.25, -0.2) is 4.98 Å². The molecule has 1 heterocycles. The number of hydrogen-bond acceptors (Lipinski definition) is 3. The summed E-state index contributed by atoms with van der Waals surface area (Å²) in [7, 11) is 1.64. The number of rotatable bonds is 7. The van der Waals surface area contributed by atoms with E-state index in [1.807, 2.05) is 18.2 Å². The summed E-state index contributed by atoms with van der Waals surface area (Å²) in [6, 6.07) is 5.84. The number of methoxy groups -OCH3 is 1. The Morgan fingerprint density at radius 3 is 2.63 bits per heavy atom. The van der Waals surface area contributed by atoms with Crippen LogP contribution in [0.5, 0.6) is 5.88 Å². The first-order valence-corrected chi connectivity index (χ1v) is 6.95. The molecule has 0 spiro atoms. The Hall–Kier alpha value is -1.35. The van der Waals surface area contributed by atoms with Crippen molar-refractivity contribution in [1.29, 1.82) is 0 Å². The van der Waals surface area contributed by atoms with Crippen molar-refractivity contribution in [3.8, 4) is 5.88 Å². The molecule has 0 amide bonds. The highest BCUT2D eigenvalue weighted by atomic mass is 16.5. The molecule has 0 atom stereocenters. The molecular weight excluding hydrogens is 236 g/mol. The largest absolute Gasteiger partial charge is 0.481 e. The van der Waals surface area contributed by atoms with Crippen molar-refractivity contribution in [2.75, 3.05) is 20.2 Å². The summed E-state index contributed by atoms with van der Waals surface area (Å²) in [6.45, 7) is 10.8. The van der Waals surface area contributed by atoms with Gasteiger partial charge in [-0.3, -0.25) is 0 Å². The average Bonchev–Trinajstić information content (AvgIpc) is 2.37. The van der Waals surface area contributed by atoms with E-state index in [2.05, 4.69) is 44.1 Å². The van der Waals surface area contributed by atoms with Gasteiger partial charge in [0.2, 0.25) is 5.88 Å². The molecule has 3 nitrogen and oxygen atoms in total. The highest BCUT2D eigenvalue weighted by molar-refractivity contribution is 5.50. The summed E-state index contributed by atoms with van der Waals surface area (Å²) in [5, 5.41) is 3.49. The van der Waals surface area contributed by atoms with Crippen LogP contribution in [0.2, 0.25) is 0 Å². The quantitative estimate of drug-likeness (QED) is 0.818. The second-order valence-electron chi connectivity index (χ2n) is 5.50. The van der Waals surface area contributed by atoms with Gasteiger partial charge in [0.25, 0.3) is 0 Å². The van der Waals surface area contributed by atoms with Crippen molar-refractivity contribution in [3.05, 3.63) is 29.5 Å². The van der Waals surface area contributed by atoms with E-state index in [1.54, 1.807) is 7.11 Å². The van der Waals surface area contributed by atoms with Gasteiger partial charge < -0.3 is 10.1 Å². The van der Waals surface area contributed by atoms with Crippen molar-refractivity contribution in [3.63, 3.8) is 0 Å². The second kappa shape index (κ2) is 7.95. The van der Waals surface area contributed by atoms with Crippen molar-refractivity contribution < 1.29 is 4.74 Å². The van der Waals surface area contributed by atoms with Crippen LogP contribution >= 0.6 is 0 Å². The van der Waals surface area contributed by atoms with Crippen LogP contribution < -0.4 is 10.1 Å². The zero-order valence-electron chi connectivity index (χ0n) is 12.7. The van der Waals surface area contributed by atoms with Crippen LogP contribution in [0.15, 0.2) is 23.8 Å². The van der Waals surface area contributed by atoms with E-state index in [9.17, 15) is 0 Å². The maximum Gasteiger partial charge on any atom is 0.213 e. The fraction of sp³-hybridized carbons (Fsp3) is 0.562. The van der Waals surface area contributed by atoms with Gasteiger partial charge in [0, 0.05) is 12.6 Å². The van der Waals surface area contributed by atoms with Crippen molar-refractivity contribution in [1.82, 2.24) is 10.3 Å². The molecule has 0 unspecified atom stereocenters. The Bertz CT molecular complexity index is 411. The molecule has 0 aromatic carbocycles. The highest BCUT2D eigenvalue weighted by Gasteiger charge is 2.05. The number of aromatic nitrogens is 1. The molecule has 0 bridgehead atoms. The lowest BCUT2D eigenvalue weighted by atomic mass is 10.0. The lowest BCUT2D eigenvalue weighted by molar-refractivity contribution is 0.397. The fourth-order valence-electron chi connectivity index (χ4n) is 1.74. The van der Waals surface area contributed by atoms with Gasteiger partial charge in [-0.05, 0) is 30.5 Å². The Kier molecular flexibility index (Phi) is 6.57. The van der Waals surface area contributed by atoms with Crippen LogP contribution in [0.4, 0.5) is 0 Å². The summed E-state index contributed by atoms with van der Waals surface area (Å²) in [5.74, 6) is 1.84. The third kappa shape index (κ3) is 5.88. The van der Waals surface area contributed by atoms with Gasteiger partial charge in [-0.1, -0.05) is 39.3 Å². The van der Waals surface area contributed by atoms with Crippen LogP contribution in [0, 0.1) is 11.8 Å². The summed E-state index contributed by atoms with van der Waals surface area (Å²) < 4.78 is 5.15. The number of nitrogens with zero attached hydrogens (tertiary/aromatic N) is 1. The Morgan fingerprint density at radius 1 is 1.32 bits per heavy atom. The SMILES string of the molecule is COc1cccc(/C=C(/CNCC(C)C)C(C)C)n1. The first kappa shape index (κ1) is 15.7. The standard InChI is InChI=1S/C16H26N2O/c1-12(2)10-17-11-14(13(3)4)9-15-7-6-8-16(18-15)19-5/h6-9,12-13,17H,10-11H2,1-5H3/b14-9-. The Balaban J connectivity index is 2.76. The lowest BCUT2D eigenvalue weighted by Gasteiger charge is -2.14. The number of hydrogen-bond donors (Lipinski definition) is 1. The van der Waals surface area contributed by atoms with Crippen molar-refractivity contribution in [2.45, 2.75) is 27.7 Å². The monoisotopic (exact) mass is 262 g/mol. The average molecular weight is 262 g/mol. The molecule has 0 saturated heterocycles. The Labute approximate surface area is 117 Å². The van der Waals surface area contributed by atoms with Crippen molar-refractivity contribution in [2.24, 2.45) is 11.8 Å². The molecule has 0 aliphatic carbocycles. The third-order valence-corrected chi connectivity index (χ3v) is 2.91. The molecule has 1 N–H and O–H groups in total. The van der Waals surface area contributed by atoms with Crippen LogP contribution in [-0.4, -0.2) is 25.2 Å². The third-order valence-electron chi connectivity index (χ3n) is 2.91. The van der Waals surface area contributed by atoms with Crippen LogP contribution in [-0.2, 0) is 0 Å². The number of nitrogens with one attached hydrogen (secondary N) is 1. The van der Waals surface area contributed by atoms with E-state index in [0.29, 0.717) is 17.7 Å². The zero-order chi connectivity index (χ0) is 14.3. The summed E-state index contributed by atoms with van der Waals surface area (Å²) in [6.07, 6.45) is 2.15. The molecule has 0 fully saturated rings. The predicted molar refractivity (Wildman–Crippen MR) is 81.3 cm³/mol. The molecule has 19 heavy (non-hydrogen) atoms. The molecule has 3 heteroatoms. The van der Waals surface area contributed by atoms with Crippen LogP contribution in [0.3, 0.4) is 0 Å². The van der Waals surface area contributed by atoms with Gasteiger partial charge in [0.15, 0.2) is 0 Å². The van der Waals surface area contributed by atoms with Gasteiger partial charge in [0.05, 0.1) is 12.8 Å². The fourth-order valence-corrected chi connectivity index (χ4v) is 1.74. The van der Waals surface area contributed by atoms with Crippen LogP contribution in [0.1, 0.15) is 33.4 Å². The number of pyridine rings is 1. The minimum atomic E-state index is 0.507. The van der Waals surface area contributed by atoms with Gasteiger partial charge in [-0.2, -0.15) is 0 Å². The van der Waals surface area contributed by atoms with E-state index in [4.69, 9.17) is 4.74 Å². The second-order valence-corrected chi connectivity index (χ2v) is 5.50. The molecule has 0 aliphatic heterocycles.